The lowest BCUT2D eigenvalue weighted by molar-refractivity contribution is 1.48. The second kappa shape index (κ2) is 7.42. The first-order valence-corrected chi connectivity index (χ1v) is 7.96. The SMILES string of the molecule is CNc1ccc(Nc2ccc(Nc3ccc(NC)cc3)cc2)cc1. The Labute approximate surface area is 142 Å². The quantitative estimate of drug-likeness (QED) is 0.501. The summed E-state index contributed by atoms with van der Waals surface area (Å²) in [6.45, 7) is 0. The summed E-state index contributed by atoms with van der Waals surface area (Å²) in [5.41, 5.74) is 6.45. The van der Waals surface area contributed by atoms with Gasteiger partial charge in [0.2, 0.25) is 0 Å². The van der Waals surface area contributed by atoms with Crippen LogP contribution in [-0.2, 0) is 0 Å². The van der Waals surface area contributed by atoms with Gasteiger partial charge in [-0.3, -0.25) is 0 Å². The van der Waals surface area contributed by atoms with Crippen molar-refractivity contribution in [1.29, 1.82) is 0 Å². The lowest BCUT2D eigenvalue weighted by Crippen LogP contribution is -1.94. The van der Waals surface area contributed by atoms with E-state index in [0.29, 0.717) is 0 Å². The van der Waals surface area contributed by atoms with Crippen molar-refractivity contribution in [2.24, 2.45) is 0 Å². The summed E-state index contributed by atoms with van der Waals surface area (Å²) < 4.78 is 0. The Morgan fingerprint density at radius 2 is 0.583 bits per heavy atom. The van der Waals surface area contributed by atoms with Gasteiger partial charge in [-0.15, -0.1) is 0 Å². The van der Waals surface area contributed by atoms with E-state index in [1.807, 2.05) is 38.4 Å². The molecule has 0 spiro atoms. The van der Waals surface area contributed by atoms with Crippen LogP contribution in [0, 0.1) is 0 Å². The summed E-state index contributed by atoms with van der Waals surface area (Å²) in [6, 6.07) is 24.7. The topological polar surface area (TPSA) is 48.1 Å². The molecule has 0 heterocycles. The van der Waals surface area contributed by atoms with E-state index in [1.165, 1.54) is 0 Å². The van der Waals surface area contributed by atoms with Crippen molar-refractivity contribution in [3.63, 3.8) is 0 Å². The predicted octanol–water partition coefficient (Wildman–Crippen LogP) is 5.26. The molecule has 0 radical (unpaired) electrons. The van der Waals surface area contributed by atoms with E-state index >= 15 is 0 Å². The van der Waals surface area contributed by atoms with Gasteiger partial charge in [0.25, 0.3) is 0 Å². The van der Waals surface area contributed by atoms with Gasteiger partial charge in [-0.2, -0.15) is 0 Å². The van der Waals surface area contributed by atoms with Crippen LogP contribution in [-0.4, -0.2) is 14.1 Å². The number of hydrogen-bond acceptors (Lipinski definition) is 4. The number of hydrogen-bond donors (Lipinski definition) is 4. The van der Waals surface area contributed by atoms with Crippen molar-refractivity contribution in [1.82, 2.24) is 0 Å². The van der Waals surface area contributed by atoms with E-state index in [1.54, 1.807) is 0 Å². The molecule has 122 valence electrons. The lowest BCUT2D eigenvalue weighted by Gasteiger charge is -2.10. The Morgan fingerprint density at radius 1 is 0.375 bits per heavy atom. The minimum atomic E-state index is 1.06. The monoisotopic (exact) mass is 318 g/mol. The fourth-order valence-corrected chi connectivity index (χ4v) is 2.41. The zero-order chi connectivity index (χ0) is 16.8. The van der Waals surface area contributed by atoms with Crippen LogP contribution in [0.4, 0.5) is 34.1 Å². The fraction of sp³-hybridized carbons (Fsp3) is 0.100. The summed E-state index contributed by atoms with van der Waals surface area (Å²) >= 11 is 0. The molecule has 0 aliphatic rings. The van der Waals surface area contributed by atoms with Crippen LogP contribution in [0.5, 0.6) is 0 Å². The normalized spacial score (nSPS) is 10.1. The molecular weight excluding hydrogens is 296 g/mol. The molecule has 0 fully saturated rings. The van der Waals surface area contributed by atoms with E-state index in [9.17, 15) is 0 Å². The van der Waals surface area contributed by atoms with Crippen molar-refractivity contribution in [3.05, 3.63) is 72.8 Å². The maximum atomic E-state index is 3.40. The average Bonchev–Trinajstić information content (AvgIpc) is 2.65. The standard InChI is InChI=1S/C20H22N4/c1-21-15-3-7-17(8-4-15)23-19-11-13-20(14-12-19)24-18-9-5-16(22-2)6-10-18/h3-14,21-24H,1-2H3. The molecule has 0 bridgehead atoms. The van der Waals surface area contributed by atoms with Crippen molar-refractivity contribution in [2.45, 2.75) is 0 Å². The van der Waals surface area contributed by atoms with Gasteiger partial charge in [0.05, 0.1) is 0 Å². The van der Waals surface area contributed by atoms with Gasteiger partial charge < -0.3 is 21.3 Å². The Balaban J connectivity index is 1.63. The van der Waals surface area contributed by atoms with Crippen LogP contribution in [0.3, 0.4) is 0 Å². The third-order valence-electron chi connectivity index (χ3n) is 3.81. The second-order valence-corrected chi connectivity index (χ2v) is 5.48. The minimum absolute atomic E-state index is 1.06. The molecule has 0 amide bonds. The molecule has 4 nitrogen and oxygen atoms in total. The summed E-state index contributed by atoms with van der Waals surface area (Å²) in [4.78, 5) is 0. The molecule has 0 saturated carbocycles. The molecular formula is C20H22N4. The Kier molecular flexibility index (Phi) is 4.87. The second-order valence-electron chi connectivity index (χ2n) is 5.48. The largest absolute Gasteiger partial charge is 0.388 e. The predicted molar refractivity (Wildman–Crippen MR) is 105 cm³/mol. The van der Waals surface area contributed by atoms with Gasteiger partial charge in [0, 0.05) is 48.2 Å². The number of nitrogens with one attached hydrogen (secondary N) is 4. The summed E-state index contributed by atoms with van der Waals surface area (Å²) in [7, 11) is 3.83. The maximum absolute atomic E-state index is 3.40. The van der Waals surface area contributed by atoms with E-state index in [4.69, 9.17) is 0 Å². The number of rotatable bonds is 6. The van der Waals surface area contributed by atoms with Gasteiger partial charge in [0.1, 0.15) is 0 Å². The molecule has 3 rings (SSSR count). The molecule has 0 unspecified atom stereocenters. The van der Waals surface area contributed by atoms with Crippen molar-refractivity contribution >= 4 is 34.1 Å². The van der Waals surface area contributed by atoms with Gasteiger partial charge in [0.15, 0.2) is 0 Å². The van der Waals surface area contributed by atoms with E-state index < -0.39 is 0 Å². The fourth-order valence-electron chi connectivity index (χ4n) is 2.41. The highest BCUT2D eigenvalue weighted by molar-refractivity contribution is 5.67. The van der Waals surface area contributed by atoms with Crippen molar-refractivity contribution in [2.75, 3.05) is 35.4 Å². The molecule has 4 N–H and O–H groups in total. The van der Waals surface area contributed by atoms with Crippen LogP contribution in [0.15, 0.2) is 72.8 Å². The zero-order valence-corrected chi connectivity index (χ0v) is 13.9. The van der Waals surface area contributed by atoms with Gasteiger partial charge >= 0.3 is 0 Å². The lowest BCUT2D eigenvalue weighted by atomic mass is 10.2. The third-order valence-corrected chi connectivity index (χ3v) is 3.81. The smallest absolute Gasteiger partial charge is 0.0385 e. The van der Waals surface area contributed by atoms with Crippen LogP contribution in [0.25, 0.3) is 0 Å². The van der Waals surface area contributed by atoms with Crippen LogP contribution in [0.2, 0.25) is 0 Å². The molecule has 4 heteroatoms. The Bertz CT molecular complexity index is 694. The highest BCUT2D eigenvalue weighted by Crippen LogP contribution is 2.23. The molecule has 3 aromatic carbocycles. The van der Waals surface area contributed by atoms with E-state index in [2.05, 4.69) is 69.8 Å². The Morgan fingerprint density at radius 3 is 0.792 bits per heavy atom. The maximum Gasteiger partial charge on any atom is 0.0385 e. The van der Waals surface area contributed by atoms with Crippen LogP contribution in [0.1, 0.15) is 0 Å². The number of benzene rings is 3. The van der Waals surface area contributed by atoms with Gasteiger partial charge in [-0.25, -0.2) is 0 Å². The molecule has 24 heavy (non-hydrogen) atoms. The van der Waals surface area contributed by atoms with Crippen molar-refractivity contribution < 1.29 is 0 Å². The minimum Gasteiger partial charge on any atom is -0.388 e. The van der Waals surface area contributed by atoms with E-state index in [0.717, 1.165) is 34.1 Å². The molecule has 0 aromatic heterocycles. The molecule has 3 aromatic rings. The molecule has 0 aliphatic heterocycles. The van der Waals surface area contributed by atoms with Crippen LogP contribution >= 0.6 is 0 Å². The summed E-state index contributed by atoms with van der Waals surface area (Å²) in [5.74, 6) is 0. The van der Waals surface area contributed by atoms with Crippen molar-refractivity contribution in [3.8, 4) is 0 Å². The first-order valence-electron chi connectivity index (χ1n) is 7.96. The summed E-state index contributed by atoms with van der Waals surface area (Å²) in [6.07, 6.45) is 0. The first-order chi connectivity index (χ1) is 11.8. The van der Waals surface area contributed by atoms with E-state index in [-0.39, 0.29) is 0 Å². The molecule has 0 atom stereocenters. The van der Waals surface area contributed by atoms with Gasteiger partial charge in [-0.1, -0.05) is 0 Å². The van der Waals surface area contributed by atoms with Crippen LogP contribution < -0.4 is 21.3 Å². The first kappa shape index (κ1) is 15.7. The highest BCUT2D eigenvalue weighted by Gasteiger charge is 1.98. The summed E-state index contributed by atoms with van der Waals surface area (Å²) in [5, 5.41) is 13.0. The molecule has 0 aliphatic carbocycles. The zero-order valence-electron chi connectivity index (χ0n) is 13.9. The Hall–Kier alpha value is -3.14. The third kappa shape index (κ3) is 3.98. The number of anilines is 6. The van der Waals surface area contributed by atoms with Gasteiger partial charge in [-0.05, 0) is 72.8 Å². The highest BCUT2D eigenvalue weighted by atomic mass is 14.9. The average molecular weight is 318 g/mol. The molecule has 0 saturated heterocycles.